The van der Waals surface area contributed by atoms with Gasteiger partial charge in [0.2, 0.25) is 0 Å². The number of hydrogen-bond acceptors (Lipinski definition) is 2. The number of hydrogen-bond donors (Lipinski definition) is 2. The molecule has 0 aromatic heterocycles. The molecular weight excluding hydrogens is 244 g/mol. The third kappa shape index (κ3) is 2.18. The van der Waals surface area contributed by atoms with Crippen molar-refractivity contribution in [3.63, 3.8) is 0 Å². The topological polar surface area (TPSA) is 52.0 Å². The maximum atomic E-state index is 5.83. The van der Waals surface area contributed by atoms with Gasteiger partial charge in [0, 0.05) is 16.8 Å². The fourth-order valence-electron chi connectivity index (χ4n) is 3.13. The van der Waals surface area contributed by atoms with Crippen molar-refractivity contribution in [1.29, 1.82) is 0 Å². The largest absolute Gasteiger partial charge is 0.399 e. The van der Waals surface area contributed by atoms with E-state index in [2.05, 4.69) is 36.4 Å². The highest BCUT2D eigenvalue weighted by Crippen LogP contribution is 2.43. The molecule has 2 aromatic rings. The summed E-state index contributed by atoms with van der Waals surface area (Å²) in [7, 11) is 0. The summed E-state index contributed by atoms with van der Waals surface area (Å²) in [6, 6.07) is 16.6. The van der Waals surface area contributed by atoms with Gasteiger partial charge < -0.3 is 11.5 Å². The Morgan fingerprint density at radius 3 is 1.60 bits per heavy atom. The predicted molar refractivity (Wildman–Crippen MR) is 85.5 cm³/mol. The van der Waals surface area contributed by atoms with E-state index in [4.69, 9.17) is 11.5 Å². The number of anilines is 2. The number of nitrogens with two attached hydrogens (primary N) is 2. The van der Waals surface area contributed by atoms with Crippen molar-refractivity contribution in [3.8, 4) is 0 Å². The highest BCUT2D eigenvalue weighted by molar-refractivity contribution is 5.49. The molecule has 2 nitrogen and oxygen atoms in total. The molecule has 2 heteroatoms. The molecule has 0 aliphatic heterocycles. The van der Waals surface area contributed by atoms with Gasteiger partial charge >= 0.3 is 0 Å². The molecule has 0 unspecified atom stereocenters. The van der Waals surface area contributed by atoms with E-state index in [1.807, 2.05) is 24.3 Å². The number of allylic oxidation sites excluding steroid dienone is 2. The summed E-state index contributed by atoms with van der Waals surface area (Å²) in [5.74, 6) is 0. The lowest BCUT2D eigenvalue weighted by Crippen LogP contribution is -2.28. The van der Waals surface area contributed by atoms with Gasteiger partial charge in [0.05, 0.1) is 0 Å². The van der Waals surface area contributed by atoms with Crippen LogP contribution in [0.2, 0.25) is 0 Å². The van der Waals surface area contributed by atoms with Crippen molar-refractivity contribution in [1.82, 2.24) is 0 Å². The zero-order valence-electron chi connectivity index (χ0n) is 11.5. The van der Waals surface area contributed by atoms with Gasteiger partial charge in [0.1, 0.15) is 0 Å². The van der Waals surface area contributed by atoms with Crippen LogP contribution >= 0.6 is 0 Å². The van der Waals surface area contributed by atoms with Gasteiger partial charge in [-0.3, -0.25) is 0 Å². The number of nitrogen functional groups attached to an aromatic ring is 2. The van der Waals surface area contributed by atoms with E-state index < -0.39 is 0 Å². The van der Waals surface area contributed by atoms with E-state index in [1.54, 1.807) is 0 Å². The van der Waals surface area contributed by atoms with Gasteiger partial charge in [-0.2, -0.15) is 0 Å². The molecule has 3 rings (SSSR count). The van der Waals surface area contributed by atoms with Gasteiger partial charge in [-0.1, -0.05) is 36.4 Å². The van der Waals surface area contributed by atoms with Crippen LogP contribution in [0.25, 0.3) is 0 Å². The second-order valence-corrected chi connectivity index (χ2v) is 5.54. The summed E-state index contributed by atoms with van der Waals surface area (Å²) < 4.78 is 0. The maximum Gasteiger partial charge on any atom is 0.0314 e. The highest BCUT2D eigenvalue weighted by atomic mass is 14.5. The molecular formula is C18H20N2. The zero-order valence-corrected chi connectivity index (χ0v) is 11.5. The molecule has 0 atom stereocenters. The minimum atomic E-state index is 0.0517. The minimum absolute atomic E-state index is 0.0517. The number of rotatable bonds is 2. The van der Waals surface area contributed by atoms with Crippen LogP contribution in [-0.2, 0) is 5.41 Å². The highest BCUT2D eigenvalue weighted by Gasteiger charge is 2.33. The quantitative estimate of drug-likeness (QED) is 0.639. The minimum Gasteiger partial charge on any atom is -0.399 e. The van der Waals surface area contributed by atoms with E-state index >= 15 is 0 Å². The van der Waals surface area contributed by atoms with Gasteiger partial charge in [0.25, 0.3) is 0 Å². The van der Waals surface area contributed by atoms with Crippen LogP contribution in [0, 0.1) is 0 Å². The van der Waals surface area contributed by atoms with Crippen LogP contribution in [0.4, 0.5) is 11.4 Å². The first-order valence-electron chi connectivity index (χ1n) is 7.08. The molecule has 1 aliphatic carbocycles. The van der Waals surface area contributed by atoms with Gasteiger partial charge in [-0.15, -0.1) is 0 Å². The molecule has 1 aliphatic rings. The SMILES string of the molecule is Nc1ccc(C2(c3ccc(N)cc3)CC=CCC2)cc1. The smallest absolute Gasteiger partial charge is 0.0314 e. The summed E-state index contributed by atoms with van der Waals surface area (Å²) >= 11 is 0. The van der Waals surface area contributed by atoms with Crippen molar-refractivity contribution in [2.24, 2.45) is 0 Å². The summed E-state index contributed by atoms with van der Waals surface area (Å²) in [6.45, 7) is 0. The van der Waals surface area contributed by atoms with Crippen LogP contribution in [-0.4, -0.2) is 0 Å². The average Bonchev–Trinajstić information content (AvgIpc) is 2.49. The van der Waals surface area contributed by atoms with Gasteiger partial charge in [-0.05, 0) is 54.7 Å². The summed E-state index contributed by atoms with van der Waals surface area (Å²) in [6.07, 6.45) is 7.82. The lowest BCUT2D eigenvalue weighted by molar-refractivity contribution is 0.465. The first-order valence-corrected chi connectivity index (χ1v) is 7.08. The molecule has 2 aromatic carbocycles. The second kappa shape index (κ2) is 5.04. The van der Waals surface area contributed by atoms with E-state index in [0.717, 1.165) is 30.6 Å². The Hall–Kier alpha value is -2.22. The van der Waals surface area contributed by atoms with Crippen molar-refractivity contribution >= 4 is 11.4 Å². The first kappa shape index (κ1) is 12.8. The van der Waals surface area contributed by atoms with Crippen LogP contribution in [0.5, 0.6) is 0 Å². The van der Waals surface area contributed by atoms with Crippen LogP contribution in [0.1, 0.15) is 30.4 Å². The van der Waals surface area contributed by atoms with Gasteiger partial charge in [0.15, 0.2) is 0 Å². The maximum absolute atomic E-state index is 5.83. The molecule has 0 amide bonds. The molecule has 0 bridgehead atoms. The van der Waals surface area contributed by atoms with Crippen molar-refractivity contribution in [3.05, 3.63) is 71.8 Å². The third-order valence-electron chi connectivity index (χ3n) is 4.30. The fourth-order valence-corrected chi connectivity index (χ4v) is 3.13. The molecule has 102 valence electrons. The Balaban J connectivity index is 2.11. The molecule has 0 heterocycles. The van der Waals surface area contributed by atoms with Crippen LogP contribution in [0.15, 0.2) is 60.7 Å². The standard InChI is InChI=1S/C18H20N2/c19-16-8-4-14(5-9-16)18(12-2-1-3-13-18)15-6-10-17(20)11-7-15/h1-2,4-11H,3,12-13,19-20H2. The Morgan fingerprint density at radius 2 is 1.20 bits per heavy atom. The molecule has 0 spiro atoms. The first-order chi connectivity index (χ1) is 9.71. The van der Waals surface area contributed by atoms with E-state index in [-0.39, 0.29) is 5.41 Å². The molecule has 0 radical (unpaired) electrons. The third-order valence-corrected chi connectivity index (χ3v) is 4.30. The fraction of sp³-hybridized carbons (Fsp3) is 0.222. The lowest BCUT2D eigenvalue weighted by Gasteiger charge is -2.36. The molecule has 20 heavy (non-hydrogen) atoms. The van der Waals surface area contributed by atoms with E-state index in [1.165, 1.54) is 11.1 Å². The Kier molecular flexibility index (Phi) is 3.23. The van der Waals surface area contributed by atoms with Crippen molar-refractivity contribution < 1.29 is 0 Å². The zero-order chi connectivity index (χ0) is 14.0. The summed E-state index contributed by atoms with van der Waals surface area (Å²) in [5.41, 5.74) is 16.0. The van der Waals surface area contributed by atoms with Crippen molar-refractivity contribution in [2.45, 2.75) is 24.7 Å². The van der Waals surface area contributed by atoms with Gasteiger partial charge in [-0.25, -0.2) is 0 Å². The normalized spacial score (nSPS) is 17.0. The lowest BCUT2D eigenvalue weighted by atomic mass is 9.67. The summed E-state index contributed by atoms with van der Waals surface area (Å²) in [5, 5.41) is 0. The number of benzene rings is 2. The Morgan fingerprint density at radius 1 is 0.700 bits per heavy atom. The molecule has 0 fully saturated rings. The molecule has 0 saturated heterocycles. The molecule has 4 N–H and O–H groups in total. The average molecular weight is 264 g/mol. The van der Waals surface area contributed by atoms with Crippen LogP contribution in [0.3, 0.4) is 0 Å². The monoisotopic (exact) mass is 264 g/mol. The van der Waals surface area contributed by atoms with E-state index in [9.17, 15) is 0 Å². The molecule has 0 saturated carbocycles. The van der Waals surface area contributed by atoms with Crippen molar-refractivity contribution in [2.75, 3.05) is 11.5 Å². The second-order valence-electron chi connectivity index (χ2n) is 5.54. The summed E-state index contributed by atoms with van der Waals surface area (Å²) in [4.78, 5) is 0. The Bertz CT molecular complexity index is 563. The Labute approximate surface area is 120 Å². The van der Waals surface area contributed by atoms with Crippen LogP contribution < -0.4 is 11.5 Å². The van der Waals surface area contributed by atoms with E-state index in [0.29, 0.717) is 0 Å². The predicted octanol–water partition coefficient (Wildman–Crippen LogP) is 3.88.